The van der Waals surface area contributed by atoms with Crippen molar-refractivity contribution in [3.63, 3.8) is 0 Å². The van der Waals surface area contributed by atoms with Gasteiger partial charge in [0.1, 0.15) is 12.4 Å². The first-order valence-corrected chi connectivity index (χ1v) is 12.9. The Morgan fingerprint density at radius 1 is 1.03 bits per heavy atom. The number of nitrogens with zero attached hydrogens (tertiary/aromatic N) is 3. The zero-order valence-corrected chi connectivity index (χ0v) is 22.1. The van der Waals surface area contributed by atoms with Crippen molar-refractivity contribution in [1.29, 1.82) is 5.26 Å². The molecular formula is C29H31Cl2N3O2. The third-order valence-electron chi connectivity index (χ3n) is 6.34. The second-order valence-corrected chi connectivity index (χ2v) is 10.7. The third kappa shape index (κ3) is 6.93. The van der Waals surface area contributed by atoms with Crippen molar-refractivity contribution in [2.45, 2.75) is 31.9 Å². The zero-order chi connectivity index (χ0) is 25.7. The van der Waals surface area contributed by atoms with Crippen LogP contribution in [-0.4, -0.2) is 48.4 Å². The molecule has 1 atom stereocenters. The maximum atomic E-state index is 9.96. The largest absolute Gasteiger partial charge is 0.491 e. The average Bonchev–Trinajstić information content (AvgIpc) is 2.87. The summed E-state index contributed by atoms with van der Waals surface area (Å²) in [6.07, 6.45) is 0.924. The number of ether oxygens (including phenoxy) is 1. The molecule has 0 bridgehead atoms. The van der Waals surface area contributed by atoms with Gasteiger partial charge in [0.2, 0.25) is 0 Å². The Morgan fingerprint density at radius 2 is 1.75 bits per heavy atom. The molecule has 0 spiro atoms. The molecule has 1 aliphatic rings. The first-order chi connectivity index (χ1) is 17.2. The number of halogens is 2. The van der Waals surface area contributed by atoms with E-state index in [4.69, 9.17) is 33.2 Å². The summed E-state index contributed by atoms with van der Waals surface area (Å²) < 4.78 is 5.73. The van der Waals surface area contributed by atoms with Gasteiger partial charge in [-0.2, -0.15) is 5.26 Å². The molecular weight excluding hydrogens is 493 g/mol. The first-order valence-electron chi connectivity index (χ1n) is 12.1. The van der Waals surface area contributed by atoms with Crippen LogP contribution in [0.1, 0.15) is 36.6 Å². The molecule has 0 aliphatic carbocycles. The summed E-state index contributed by atoms with van der Waals surface area (Å²) in [5.74, 6) is 0.634. The third-order valence-corrected chi connectivity index (χ3v) is 6.89. The van der Waals surface area contributed by atoms with E-state index in [1.807, 2.05) is 54.6 Å². The monoisotopic (exact) mass is 523 g/mol. The fourth-order valence-corrected chi connectivity index (χ4v) is 4.81. The predicted octanol–water partition coefficient (Wildman–Crippen LogP) is 6.12. The maximum Gasteiger partial charge on any atom is 0.121 e. The first kappa shape index (κ1) is 26.3. The van der Waals surface area contributed by atoms with E-state index in [1.54, 1.807) is 13.8 Å². The molecule has 3 aromatic rings. The summed E-state index contributed by atoms with van der Waals surface area (Å²) >= 11 is 12.9. The molecule has 0 saturated carbocycles. The van der Waals surface area contributed by atoms with Crippen LogP contribution in [0.4, 0.5) is 5.69 Å². The van der Waals surface area contributed by atoms with Crippen LogP contribution in [0, 0.1) is 11.3 Å². The molecule has 1 saturated heterocycles. The highest BCUT2D eigenvalue weighted by Gasteiger charge is 2.30. The number of nitriles is 1. The Bertz CT molecular complexity index is 1200. The van der Waals surface area contributed by atoms with Gasteiger partial charge < -0.3 is 14.7 Å². The van der Waals surface area contributed by atoms with Crippen LogP contribution < -0.4 is 9.64 Å². The SMILES string of the molecule is CC(C)(O)COc1ccc(N2CCN(CCc3ccc(C#N)cc3)CC2c2ccc(Cl)cc2)c(Cl)c1. The number of hydrogen-bond donors (Lipinski definition) is 1. The summed E-state index contributed by atoms with van der Waals surface area (Å²) in [4.78, 5) is 4.83. The molecule has 1 N–H and O–H groups in total. The molecule has 5 nitrogen and oxygen atoms in total. The predicted molar refractivity (Wildman–Crippen MR) is 146 cm³/mol. The van der Waals surface area contributed by atoms with Crippen molar-refractivity contribution < 1.29 is 9.84 Å². The number of piperazine rings is 1. The van der Waals surface area contributed by atoms with Gasteiger partial charge in [-0.15, -0.1) is 0 Å². The smallest absolute Gasteiger partial charge is 0.121 e. The van der Waals surface area contributed by atoms with Crippen molar-refractivity contribution in [2.24, 2.45) is 0 Å². The molecule has 1 aliphatic heterocycles. The van der Waals surface area contributed by atoms with Gasteiger partial charge in [0, 0.05) is 37.3 Å². The van der Waals surface area contributed by atoms with Gasteiger partial charge in [-0.1, -0.05) is 47.5 Å². The highest BCUT2D eigenvalue weighted by molar-refractivity contribution is 6.33. The van der Waals surface area contributed by atoms with Gasteiger partial charge in [0.25, 0.3) is 0 Å². The van der Waals surface area contributed by atoms with E-state index in [0.29, 0.717) is 21.4 Å². The molecule has 1 heterocycles. The summed E-state index contributed by atoms with van der Waals surface area (Å²) in [5, 5.41) is 20.3. The van der Waals surface area contributed by atoms with E-state index >= 15 is 0 Å². The Morgan fingerprint density at radius 3 is 2.39 bits per heavy atom. The van der Waals surface area contributed by atoms with E-state index in [0.717, 1.165) is 38.3 Å². The van der Waals surface area contributed by atoms with Crippen molar-refractivity contribution in [3.05, 3.63) is 93.5 Å². The van der Waals surface area contributed by atoms with Gasteiger partial charge in [0.15, 0.2) is 0 Å². The quantitative estimate of drug-likeness (QED) is 0.385. The number of benzene rings is 3. The normalized spacial score (nSPS) is 16.6. The summed E-state index contributed by atoms with van der Waals surface area (Å²) in [5.41, 5.74) is 3.13. The van der Waals surface area contributed by atoms with E-state index < -0.39 is 5.60 Å². The van der Waals surface area contributed by atoms with E-state index in [-0.39, 0.29) is 12.6 Å². The van der Waals surface area contributed by atoms with Crippen molar-refractivity contribution >= 4 is 28.9 Å². The van der Waals surface area contributed by atoms with Crippen LogP contribution in [0.15, 0.2) is 66.7 Å². The lowest BCUT2D eigenvalue weighted by atomic mass is 10.0. The van der Waals surface area contributed by atoms with E-state index in [2.05, 4.69) is 28.0 Å². The number of anilines is 1. The van der Waals surface area contributed by atoms with Crippen LogP contribution in [-0.2, 0) is 6.42 Å². The van der Waals surface area contributed by atoms with Crippen LogP contribution in [0.25, 0.3) is 0 Å². The molecule has 0 aromatic heterocycles. The molecule has 36 heavy (non-hydrogen) atoms. The highest BCUT2D eigenvalue weighted by Crippen LogP contribution is 2.37. The summed E-state index contributed by atoms with van der Waals surface area (Å²) in [6, 6.07) is 23.9. The Kier molecular flexibility index (Phi) is 8.43. The standard InChI is InChI=1S/C29H31Cl2N3O2/c1-29(2,35)20-36-25-11-12-27(26(31)17-25)34-16-15-33(14-13-21-3-5-22(18-32)6-4-21)19-28(34)23-7-9-24(30)10-8-23/h3-12,17,28,35H,13-16,19-20H2,1-2H3. The van der Waals surface area contributed by atoms with Gasteiger partial charge in [-0.05, 0) is 67.8 Å². The van der Waals surface area contributed by atoms with E-state index in [9.17, 15) is 5.11 Å². The molecule has 1 unspecified atom stereocenters. The van der Waals surface area contributed by atoms with Gasteiger partial charge in [0.05, 0.1) is 34.0 Å². The molecule has 4 rings (SSSR count). The minimum atomic E-state index is -0.918. The minimum Gasteiger partial charge on any atom is -0.491 e. The number of rotatable bonds is 8. The average molecular weight is 524 g/mol. The van der Waals surface area contributed by atoms with Crippen LogP contribution in [0.3, 0.4) is 0 Å². The van der Waals surface area contributed by atoms with Gasteiger partial charge >= 0.3 is 0 Å². The van der Waals surface area contributed by atoms with Crippen LogP contribution >= 0.6 is 23.2 Å². The Labute approximate surface area is 223 Å². The van der Waals surface area contributed by atoms with Crippen molar-refractivity contribution in [1.82, 2.24) is 4.90 Å². The van der Waals surface area contributed by atoms with Gasteiger partial charge in [-0.3, -0.25) is 4.90 Å². The molecule has 1 fully saturated rings. The lowest BCUT2D eigenvalue weighted by Crippen LogP contribution is -2.49. The fraction of sp³-hybridized carbons (Fsp3) is 0.345. The van der Waals surface area contributed by atoms with Crippen LogP contribution in [0.2, 0.25) is 10.0 Å². The van der Waals surface area contributed by atoms with Crippen molar-refractivity contribution in [2.75, 3.05) is 37.7 Å². The maximum absolute atomic E-state index is 9.96. The molecule has 188 valence electrons. The Balaban J connectivity index is 1.51. The highest BCUT2D eigenvalue weighted by atomic mass is 35.5. The summed E-state index contributed by atoms with van der Waals surface area (Å²) in [6.45, 7) is 7.12. The lowest BCUT2D eigenvalue weighted by molar-refractivity contribution is 0.0285. The van der Waals surface area contributed by atoms with E-state index in [1.165, 1.54) is 11.1 Å². The van der Waals surface area contributed by atoms with Crippen LogP contribution in [0.5, 0.6) is 5.75 Å². The topological polar surface area (TPSA) is 59.7 Å². The Hall–Kier alpha value is -2.75. The fourth-order valence-electron chi connectivity index (χ4n) is 4.40. The number of hydrogen-bond acceptors (Lipinski definition) is 5. The van der Waals surface area contributed by atoms with Gasteiger partial charge in [-0.25, -0.2) is 0 Å². The van der Waals surface area contributed by atoms with Crippen molar-refractivity contribution in [3.8, 4) is 11.8 Å². The molecule has 0 amide bonds. The lowest BCUT2D eigenvalue weighted by Gasteiger charge is -2.43. The summed E-state index contributed by atoms with van der Waals surface area (Å²) in [7, 11) is 0. The zero-order valence-electron chi connectivity index (χ0n) is 20.6. The second kappa shape index (κ2) is 11.5. The molecule has 0 radical (unpaired) electrons. The molecule has 7 heteroatoms. The minimum absolute atomic E-state index is 0.109. The second-order valence-electron chi connectivity index (χ2n) is 9.83. The number of aliphatic hydroxyl groups is 1. The molecule has 3 aromatic carbocycles.